The Balaban J connectivity index is 3.57. The van der Waals surface area contributed by atoms with Gasteiger partial charge in [0, 0.05) is 12.8 Å². The molecule has 0 spiro atoms. The summed E-state index contributed by atoms with van der Waals surface area (Å²) in [4.78, 5) is 24.5. The highest BCUT2D eigenvalue weighted by Crippen LogP contribution is 2.16. The van der Waals surface area contributed by atoms with Gasteiger partial charge in [-0.05, 0) is 77.0 Å². The van der Waals surface area contributed by atoms with Crippen LogP contribution in [0.2, 0.25) is 0 Å². The highest BCUT2D eigenvalue weighted by Gasteiger charge is 2.17. The summed E-state index contributed by atoms with van der Waals surface area (Å²) in [5.74, 6) is -0.169. The van der Waals surface area contributed by atoms with Gasteiger partial charge in [0.1, 0.15) is 0 Å². The molecule has 1 amide bonds. The maximum Gasteiger partial charge on any atom is 0.305 e. The van der Waals surface area contributed by atoms with Crippen molar-refractivity contribution in [2.75, 3.05) is 13.2 Å². The minimum absolute atomic E-state index is 0.0219. The van der Waals surface area contributed by atoms with E-state index in [1.54, 1.807) is 6.08 Å². The highest BCUT2D eigenvalue weighted by atomic mass is 16.5. The van der Waals surface area contributed by atoms with E-state index >= 15 is 0 Å². The first-order chi connectivity index (χ1) is 33.0. The van der Waals surface area contributed by atoms with Crippen molar-refractivity contribution in [1.82, 2.24) is 5.32 Å². The smallest absolute Gasteiger partial charge is 0.305 e. The van der Waals surface area contributed by atoms with Crippen LogP contribution in [0.5, 0.6) is 0 Å². The molecule has 0 aromatic carbocycles. The number of ether oxygens (including phenoxy) is 1. The van der Waals surface area contributed by atoms with E-state index in [-0.39, 0.29) is 18.5 Å². The standard InChI is InChI=1S/C61H113NO5/c1-3-5-7-9-11-13-15-17-19-21-22-23-25-26-29-33-37-41-45-49-53-59(64)58(57-63)62-60(65)54-50-46-42-38-34-30-28-32-36-40-44-48-52-56-67-61(66)55-51-47-43-39-35-31-27-24-20-18-16-14-12-10-8-6-4-2/h18,20,30,34,42,46,49,53,58-59,63-64H,3-17,19,21-29,31-33,35-41,43-45,47-48,50-52,54-57H2,1-2H3,(H,62,65)/b20-18-,34-30-,46-42-,53-49+. The quantitative estimate of drug-likeness (QED) is 0.0321. The molecule has 0 fully saturated rings. The fourth-order valence-corrected chi connectivity index (χ4v) is 8.80. The lowest BCUT2D eigenvalue weighted by molar-refractivity contribution is -0.143. The van der Waals surface area contributed by atoms with Crippen molar-refractivity contribution in [3.63, 3.8) is 0 Å². The van der Waals surface area contributed by atoms with E-state index in [4.69, 9.17) is 4.74 Å². The van der Waals surface area contributed by atoms with Crippen LogP contribution >= 0.6 is 0 Å². The topological polar surface area (TPSA) is 95.9 Å². The summed E-state index contributed by atoms with van der Waals surface area (Å²) in [6.45, 7) is 4.84. The van der Waals surface area contributed by atoms with Gasteiger partial charge in [0.15, 0.2) is 0 Å². The summed E-state index contributed by atoms with van der Waals surface area (Å²) in [5.41, 5.74) is 0. The van der Waals surface area contributed by atoms with Gasteiger partial charge in [-0.3, -0.25) is 9.59 Å². The summed E-state index contributed by atoms with van der Waals surface area (Å²) in [6.07, 6.45) is 71.5. The van der Waals surface area contributed by atoms with Crippen molar-refractivity contribution in [2.24, 2.45) is 0 Å². The molecule has 0 aromatic rings. The number of aliphatic hydroxyl groups excluding tert-OH is 2. The van der Waals surface area contributed by atoms with Gasteiger partial charge >= 0.3 is 5.97 Å². The van der Waals surface area contributed by atoms with Gasteiger partial charge in [0.05, 0.1) is 25.4 Å². The first-order valence-electron chi connectivity index (χ1n) is 29.4. The maximum atomic E-state index is 12.4. The average molecular weight is 941 g/mol. The Morgan fingerprint density at radius 2 is 0.761 bits per heavy atom. The van der Waals surface area contributed by atoms with Gasteiger partial charge in [-0.25, -0.2) is 0 Å². The summed E-state index contributed by atoms with van der Waals surface area (Å²) in [6, 6.07) is -0.673. The molecule has 6 nitrogen and oxygen atoms in total. The Bertz CT molecular complexity index is 1130. The van der Waals surface area contributed by atoms with E-state index in [2.05, 4.69) is 49.5 Å². The number of rotatable bonds is 54. The zero-order valence-electron chi connectivity index (χ0n) is 44.6. The average Bonchev–Trinajstić information content (AvgIpc) is 3.33. The molecule has 2 unspecified atom stereocenters. The van der Waals surface area contributed by atoms with Crippen molar-refractivity contribution in [3.8, 4) is 0 Å². The highest BCUT2D eigenvalue weighted by molar-refractivity contribution is 5.76. The van der Waals surface area contributed by atoms with Crippen molar-refractivity contribution in [1.29, 1.82) is 0 Å². The second kappa shape index (κ2) is 56.4. The molecule has 0 rings (SSSR count). The van der Waals surface area contributed by atoms with Crippen molar-refractivity contribution in [3.05, 3.63) is 48.6 Å². The molecule has 0 aliphatic carbocycles. The van der Waals surface area contributed by atoms with E-state index in [1.807, 2.05) is 12.2 Å². The number of allylic oxidation sites excluding steroid dienone is 7. The lowest BCUT2D eigenvalue weighted by Gasteiger charge is -2.19. The number of amides is 1. The van der Waals surface area contributed by atoms with E-state index in [0.717, 1.165) is 51.4 Å². The molecule has 0 bridgehead atoms. The minimum atomic E-state index is -0.881. The summed E-state index contributed by atoms with van der Waals surface area (Å²) < 4.78 is 5.46. The van der Waals surface area contributed by atoms with Crippen LogP contribution in [-0.4, -0.2) is 47.4 Å². The molecule has 0 radical (unpaired) electrons. The predicted octanol–water partition coefficient (Wildman–Crippen LogP) is 18.2. The monoisotopic (exact) mass is 940 g/mol. The zero-order valence-corrected chi connectivity index (χ0v) is 44.6. The number of hydrogen-bond donors (Lipinski definition) is 3. The third-order valence-electron chi connectivity index (χ3n) is 13.3. The van der Waals surface area contributed by atoms with Crippen molar-refractivity contribution >= 4 is 11.9 Å². The Morgan fingerprint density at radius 1 is 0.418 bits per heavy atom. The summed E-state index contributed by atoms with van der Waals surface area (Å²) in [5, 5.41) is 23.1. The third-order valence-corrected chi connectivity index (χ3v) is 13.3. The van der Waals surface area contributed by atoms with E-state index < -0.39 is 12.1 Å². The molecule has 2 atom stereocenters. The zero-order chi connectivity index (χ0) is 48.6. The first kappa shape index (κ1) is 64.8. The molecular weight excluding hydrogens is 827 g/mol. The van der Waals surface area contributed by atoms with Crippen LogP contribution in [0.25, 0.3) is 0 Å². The number of unbranched alkanes of at least 4 members (excludes halogenated alkanes) is 37. The molecule has 0 aliphatic heterocycles. The fourth-order valence-electron chi connectivity index (χ4n) is 8.80. The molecule has 392 valence electrons. The van der Waals surface area contributed by atoms with Crippen LogP contribution in [0.3, 0.4) is 0 Å². The summed E-state index contributed by atoms with van der Waals surface area (Å²) in [7, 11) is 0. The molecule has 67 heavy (non-hydrogen) atoms. The largest absolute Gasteiger partial charge is 0.466 e. The molecule has 0 aliphatic rings. The number of aliphatic hydroxyl groups is 2. The van der Waals surface area contributed by atoms with Crippen molar-refractivity contribution < 1.29 is 24.5 Å². The van der Waals surface area contributed by atoms with Gasteiger partial charge < -0.3 is 20.3 Å². The maximum absolute atomic E-state index is 12.4. The van der Waals surface area contributed by atoms with E-state index in [0.29, 0.717) is 25.9 Å². The first-order valence-corrected chi connectivity index (χ1v) is 29.4. The molecule has 0 saturated carbocycles. The van der Waals surface area contributed by atoms with Gasteiger partial charge in [0.2, 0.25) is 5.91 Å². The van der Waals surface area contributed by atoms with Gasteiger partial charge in [0.25, 0.3) is 0 Å². The molecular formula is C61H113NO5. The Labute approximate surface area is 416 Å². The van der Waals surface area contributed by atoms with Gasteiger partial charge in [-0.1, -0.05) is 262 Å². The van der Waals surface area contributed by atoms with E-state index in [9.17, 15) is 19.8 Å². The number of nitrogens with one attached hydrogen (secondary N) is 1. The predicted molar refractivity (Wildman–Crippen MR) is 292 cm³/mol. The van der Waals surface area contributed by atoms with Gasteiger partial charge in [-0.15, -0.1) is 0 Å². The van der Waals surface area contributed by atoms with Crippen LogP contribution in [0, 0.1) is 0 Å². The van der Waals surface area contributed by atoms with Crippen LogP contribution in [0.1, 0.15) is 303 Å². The van der Waals surface area contributed by atoms with Crippen molar-refractivity contribution in [2.45, 2.75) is 315 Å². The Kier molecular flexibility index (Phi) is 54.6. The molecule has 0 saturated heterocycles. The van der Waals surface area contributed by atoms with E-state index in [1.165, 1.54) is 218 Å². The number of esters is 1. The van der Waals surface area contributed by atoms with Crippen LogP contribution in [-0.2, 0) is 14.3 Å². The second-order valence-corrected chi connectivity index (χ2v) is 20.0. The SMILES string of the molecule is CCCCCCCC/C=C\CCCCCCCCCC(=O)OCCCCCCCC/C=C\C/C=C\CCC(=O)NC(CO)C(O)/C=C/CCCCCCCCCCCCCCCCCCCC. The Hall–Kier alpha value is -2.18. The number of carbonyl (C=O) groups excluding carboxylic acids is 2. The molecule has 0 aromatic heterocycles. The lowest BCUT2D eigenvalue weighted by Crippen LogP contribution is -2.45. The second-order valence-electron chi connectivity index (χ2n) is 20.0. The van der Waals surface area contributed by atoms with Crippen LogP contribution in [0.4, 0.5) is 0 Å². The Morgan fingerprint density at radius 3 is 1.18 bits per heavy atom. The number of hydrogen-bond acceptors (Lipinski definition) is 5. The van der Waals surface area contributed by atoms with Crippen LogP contribution < -0.4 is 5.32 Å². The summed E-state index contributed by atoms with van der Waals surface area (Å²) >= 11 is 0. The van der Waals surface area contributed by atoms with Gasteiger partial charge in [-0.2, -0.15) is 0 Å². The minimum Gasteiger partial charge on any atom is -0.466 e. The molecule has 0 heterocycles. The van der Waals surface area contributed by atoms with Crippen LogP contribution in [0.15, 0.2) is 48.6 Å². The molecule has 3 N–H and O–H groups in total. The number of carbonyl (C=O) groups is 2. The fraction of sp³-hybridized carbons (Fsp3) is 0.836. The third kappa shape index (κ3) is 53.0. The normalized spacial score (nSPS) is 13.0. The lowest BCUT2D eigenvalue weighted by atomic mass is 10.0. The molecule has 6 heteroatoms.